The predicted octanol–water partition coefficient (Wildman–Crippen LogP) is 3.56. The van der Waals surface area contributed by atoms with Gasteiger partial charge in [-0.15, -0.1) is 12.3 Å². The Morgan fingerprint density at radius 1 is 0.978 bits per heavy atom. The lowest BCUT2D eigenvalue weighted by molar-refractivity contribution is -0.387. The first-order valence-corrected chi connectivity index (χ1v) is 13.3. The molecule has 0 spiro atoms. The van der Waals surface area contributed by atoms with Crippen LogP contribution in [0.1, 0.15) is 38.9 Å². The van der Waals surface area contributed by atoms with E-state index in [1.807, 2.05) is 0 Å². The fourth-order valence-corrected chi connectivity index (χ4v) is 4.43. The van der Waals surface area contributed by atoms with Gasteiger partial charge in [0.25, 0.3) is 5.69 Å². The molecule has 17 heteroatoms. The summed E-state index contributed by atoms with van der Waals surface area (Å²) in [6, 6.07) is 8.02. The molecule has 244 valence electrons. The van der Waals surface area contributed by atoms with Crippen LogP contribution in [0, 0.1) is 38.5 Å². The first kappa shape index (κ1) is 34.7. The number of methoxy groups -OCH3 is 1. The van der Waals surface area contributed by atoms with Crippen LogP contribution in [0.25, 0.3) is 0 Å². The number of rotatable bonds is 11. The first-order chi connectivity index (χ1) is 21.7. The average Bonchev–Trinajstić information content (AvgIpc) is 2.99. The molecule has 6 atom stereocenters. The molecule has 0 saturated carbocycles. The van der Waals surface area contributed by atoms with E-state index in [-0.39, 0.29) is 23.4 Å². The number of ether oxygens (including phenoxy) is 7. The minimum absolute atomic E-state index is 0.0643. The van der Waals surface area contributed by atoms with Crippen molar-refractivity contribution in [3.63, 3.8) is 0 Å². The zero-order valence-electron chi connectivity index (χ0n) is 24.8. The highest BCUT2D eigenvalue weighted by molar-refractivity contribution is 5.76. The third-order valence-electron chi connectivity index (χ3n) is 6.51. The van der Waals surface area contributed by atoms with Crippen LogP contribution in [0.15, 0.2) is 42.5 Å². The maximum absolute atomic E-state index is 12.5. The molecule has 3 rings (SSSR count). The molecular weight excluding hydrogens is 616 g/mol. The van der Waals surface area contributed by atoms with Crippen molar-refractivity contribution in [1.82, 2.24) is 0 Å². The monoisotopic (exact) mass is 644 g/mol. The summed E-state index contributed by atoms with van der Waals surface area (Å²) in [5, 5.41) is 22.9. The lowest BCUT2D eigenvalue weighted by Gasteiger charge is -2.42. The molecular formula is C29H28N2O15. The normalized spacial score (nSPS) is 21.0. The molecule has 46 heavy (non-hydrogen) atoms. The van der Waals surface area contributed by atoms with E-state index in [1.165, 1.54) is 25.1 Å². The van der Waals surface area contributed by atoms with Crippen molar-refractivity contribution in [2.24, 2.45) is 5.92 Å². The summed E-state index contributed by atoms with van der Waals surface area (Å²) < 4.78 is 37.1. The number of terminal acetylenes is 1. The molecule has 1 aliphatic rings. The molecule has 2 aromatic rings. The van der Waals surface area contributed by atoms with Gasteiger partial charge in [-0.2, -0.15) is 0 Å². The van der Waals surface area contributed by atoms with Gasteiger partial charge in [0.1, 0.15) is 18.0 Å². The van der Waals surface area contributed by atoms with E-state index in [1.54, 1.807) is 0 Å². The van der Waals surface area contributed by atoms with Gasteiger partial charge in [0, 0.05) is 43.5 Å². The Balaban J connectivity index is 1.90. The van der Waals surface area contributed by atoms with Crippen LogP contribution in [-0.2, 0) is 38.1 Å². The maximum atomic E-state index is 12.5. The Morgan fingerprint density at radius 2 is 1.61 bits per heavy atom. The van der Waals surface area contributed by atoms with E-state index in [4.69, 9.17) is 39.6 Å². The van der Waals surface area contributed by atoms with Crippen molar-refractivity contribution in [3.8, 4) is 23.8 Å². The Bertz CT molecular complexity index is 1530. The minimum Gasteiger partial charge on any atom is -0.467 e. The summed E-state index contributed by atoms with van der Waals surface area (Å²) in [5.41, 5.74) is -0.825. The van der Waals surface area contributed by atoms with Crippen molar-refractivity contribution in [2.45, 2.75) is 57.9 Å². The molecule has 0 aliphatic carbocycles. The van der Waals surface area contributed by atoms with E-state index in [0.29, 0.717) is 0 Å². The van der Waals surface area contributed by atoms with Crippen molar-refractivity contribution in [2.75, 3.05) is 7.11 Å². The smallest absolute Gasteiger partial charge is 0.467 e. The van der Waals surface area contributed by atoms with Gasteiger partial charge >= 0.3 is 29.8 Å². The van der Waals surface area contributed by atoms with Crippen molar-refractivity contribution in [3.05, 3.63) is 68.3 Å². The molecule has 0 amide bonds. The van der Waals surface area contributed by atoms with Crippen LogP contribution in [0.4, 0.5) is 16.2 Å². The lowest BCUT2D eigenvalue weighted by Crippen LogP contribution is -2.60. The van der Waals surface area contributed by atoms with E-state index in [0.717, 1.165) is 45.2 Å². The number of esters is 3. The average molecular weight is 645 g/mol. The quantitative estimate of drug-likeness (QED) is 0.0852. The van der Waals surface area contributed by atoms with Gasteiger partial charge < -0.3 is 33.2 Å². The number of nitro groups is 2. The number of carbonyl (C=O) groups is 4. The van der Waals surface area contributed by atoms with E-state index in [9.17, 15) is 39.4 Å². The summed E-state index contributed by atoms with van der Waals surface area (Å²) in [6.07, 6.45) is -3.04. The Morgan fingerprint density at radius 3 is 2.15 bits per heavy atom. The highest BCUT2D eigenvalue weighted by atomic mass is 16.7. The Kier molecular flexibility index (Phi) is 11.6. The largest absolute Gasteiger partial charge is 0.514 e. The molecule has 2 aromatic carbocycles. The predicted molar refractivity (Wildman–Crippen MR) is 151 cm³/mol. The number of non-ortho nitro benzene ring substituents is 1. The van der Waals surface area contributed by atoms with Crippen LogP contribution in [0.2, 0.25) is 0 Å². The van der Waals surface area contributed by atoms with Crippen LogP contribution >= 0.6 is 0 Å². The SMILES string of the molecule is C#CCC(OC(=O)Oc1ccc([N+](=O)[O-])cc1)c1ccc(O[C@@H]2O[C@H](C(=O)OC)[C@@H](OC(C)=O)[C@H](C)[C@H]2OC(C)=O)c([N+](=O)[O-])c1. The number of hydrogen-bond acceptors (Lipinski definition) is 15. The van der Waals surface area contributed by atoms with Gasteiger partial charge in [-0.3, -0.25) is 29.8 Å². The second-order valence-corrected chi connectivity index (χ2v) is 9.68. The molecule has 1 saturated heterocycles. The summed E-state index contributed by atoms with van der Waals surface area (Å²) in [6.45, 7) is 3.68. The molecule has 0 aromatic heterocycles. The molecule has 1 heterocycles. The first-order valence-electron chi connectivity index (χ1n) is 13.3. The zero-order valence-corrected chi connectivity index (χ0v) is 24.8. The number of nitrogens with zero attached hydrogens (tertiary/aromatic N) is 2. The second-order valence-electron chi connectivity index (χ2n) is 9.68. The summed E-state index contributed by atoms with van der Waals surface area (Å²) in [4.78, 5) is 70.1. The molecule has 17 nitrogen and oxygen atoms in total. The Hall–Kier alpha value is -5.76. The molecule has 0 radical (unpaired) electrons. The molecule has 0 bridgehead atoms. The second kappa shape index (κ2) is 15.3. The Labute approximate surface area is 260 Å². The number of carbonyl (C=O) groups excluding carboxylic acids is 4. The van der Waals surface area contributed by atoms with E-state index in [2.05, 4.69) is 5.92 Å². The zero-order chi connectivity index (χ0) is 34.1. The molecule has 0 N–H and O–H groups in total. The van der Waals surface area contributed by atoms with Crippen molar-refractivity contribution >= 4 is 35.4 Å². The van der Waals surface area contributed by atoms with E-state index >= 15 is 0 Å². The van der Waals surface area contributed by atoms with Crippen LogP contribution in [0.5, 0.6) is 11.5 Å². The van der Waals surface area contributed by atoms with Gasteiger partial charge in [-0.25, -0.2) is 9.59 Å². The van der Waals surface area contributed by atoms with Gasteiger partial charge in [0.2, 0.25) is 6.29 Å². The highest BCUT2D eigenvalue weighted by Gasteiger charge is 2.52. The van der Waals surface area contributed by atoms with Crippen molar-refractivity contribution in [1.29, 1.82) is 0 Å². The van der Waals surface area contributed by atoms with Crippen LogP contribution < -0.4 is 9.47 Å². The van der Waals surface area contributed by atoms with Gasteiger partial charge in [-0.05, 0) is 18.2 Å². The van der Waals surface area contributed by atoms with Gasteiger partial charge in [0.05, 0.1) is 23.4 Å². The third-order valence-corrected chi connectivity index (χ3v) is 6.51. The van der Waals surface area contributed by atoms with Gasteiger partial charge in [-0.1, -0.05) is 13.0 Å². The number of hydrogen-bond donors (Lipinski definition) is 0. The molecule has 1 unspecified atom stereocenters. The van der Waals surface area contributed by atoms with Crippen molar-refractivity contribution < 1.29 is 62.2 Å². The standard InChI is InChI=1S/C29H28N2O15/c1-6-7-22(45-29(35)43-20-11-9-19(10-12-20)30(36)37)18-8-13-23(21(14-18)31(38)39)44-28-25(42-17(4)33)15(2)24(41-16(3)32)26(46-28)27(34)40-5/h1,8-15,22,24-26,28H,7H2,2-5H3/t15-,22?,24-,25+,26-,28+/m0/s1. The lowest BCUT2D eigenvalue weighted by atomic mass is 9.90. The molecule has 1 aliphatic heterocycles. The molecule has 1 fully saturated rings. The number of nitro benzene ring substituents is 2. The fourth-order valence-electron chi connectivity index (χ4n) is 4.43. The van der Waals surface area contributed by atoms with Crippen LogP contribution in [0.3, 0.4) is 0 Å². The third kappa shape index (κ3) is 8.66. The summed E-state index contributed by atoms with van der Waals surface area (Å²) in [7, 11) is 1.06. The van der Waals surface area contributed by atoms with Crippen LogP contribution in [-0.4, -0.2) is 65.6 Å². The maximum Gasteiger partial charge on any atom is 0.514 e. The fraction of sp³-hybridized carbons (Fsp3) is 0.379. The highest BCUT2D eigenvalue weighted by Crippen LogP contribution is 2.37. The topological polar surface area (TPSA) is 219 Å². The van der Waals surface area contributed by atoms with Gasteiger partial charge in [0.15, 0.2) is 18.0 Å². The summed E-state index contributed by atoms with van der Waals surface area (Å²) >= 11 is 0. The minimum atomic E-state index is -1.62. The summed E-state index contributed by atoms with van der Waals surface area (Å²) in [5.74, 6) is -1.59. The van der Waals surface area contributed by atoms with E-state index < -0.39 is 82.0 Å². The number of benzene rings is 2.